The highest BCUT2D eigenvalue weighted by Gasteiger charge is 2.45. The minimum atomic E-state index is -4.59. The van der Waals surface area contributed by atoms with Crippen molar-refractivity contribution in [3.05, 3.63) is 35.2 Å². The molecule has 3 rings (SSSR count). The van der Waals surface area contributed by atoms with Gasteiger partial charge in [-0.2, -0.15) is 23.3 Å². The number of amides is 3. The molecule has 1 aliphatic heterocycles. The third kappa shape index (κ3) is 2.48. The average molecular weight is 341 g/mol. The highest BCUT2D eigenvalue weighted by Crippen LogP contribution is 2.41. The van der Waals surface area contributed by atoms with Crippen LogP contribution in [0.5, 0.6) is 0 Å². The van der Waals surface area contributed by atoms with Gasteiger partial charge in [-0.3, -0.25) is 9.48 Å². The summed E-state index contributed by atoms with van der Waals surface area (Å²) in [5.74, 6) is -0.674. The summed E-state index contributed by atoms with van der Waals surface area (Å²) >= 11 is 0. The molecule has 1 aromatic rings. The topological polar surface area (TPSA) is 79.3 Å². The van der Waals surface area contributed by atoms with Crippen LogP contribution < -0.4 is 10.7 Å². The van der Waals surface area contributed by atoms with E-state index in [9.17, 15) is 22.8 Å². The van der Waals surface area contributed by atoms with Crippen molar-refractivity contribution in [2.75, 3.05) is 7.05 Å². The van der Waals surface area contributed by atoms with Crippen LogP contribution in [0.15, 0.2) is 29.5 Å². The molecule has 1 atom stereocenters. The van der Waals surface area contributed by atoms with Crippen molar-refractivity contribution < 1.29 is 22.8 Å². The number of hydrazine groups is 1. The molecule has 0 saturated carbocycles. The molecule has 128 valence electrons. The zero-order valence-corrected chi connectivity index (χ0v) is 12.8. The van der Waals surface area contributed by atoms with Crippen LogP contribution in [0.2, 0.25) is 0 Å². The van der Waals surface area contributed by atoms with Gasteiger partial charge in [-0.05, 0) is 12.1 Å². The highest BCUT2D eigenvalue weighted by atomic mass is 19.4. The fourth-order valence-electron chi connectivity index (χ4n) is 2.88. The van der Waals surface area contributed by atoms with Gasteiger partial charge in [0, 0.05) is 43.4 Å². The fraction of sp³-hybridized carbons (Fsp3) is 0.357. The second-order valence-corrected chi connectivity index (χ2v) is 5.40. The maximum Gasteiger partial charge on any atom is 0.413 e. The van der Waals surface area contributed by atoms with E-state index in [2.05, 4.69) is 15.8 Å². The Hall–Kier alpha value is -2.62. The monoisotopic (exact) mass is 341 g/mol. The third-order valence-corrected chi connectivity index (χ3v) is 4.02. The fourth-order valence-corrected chi connectivity index (χ4v) is 2.88. The number of aromatic nitrogens is 2. The number of carbonyl (C=O) groups excluding carboxylic acids is 2. The molecule has 1 unspecified atom stereocenters. The molecule has 1 fully saturated rings. The summed E-state index contributed by atoms with van der Waals surface area (Å²) in [5, 5.41) is 7.02. The largest absolute Gasteiger partial charge is 0.413 e. The van der Waals surface area contributed by atoms with Gasteiger partial charge in [0.1, 0.15) is 0 Å². The van der Waals surface area contributed by atoms with E-state index in [1.165, 1.54) is 37.1 Å². The van der Waals surface area contributed by atoms with Gasteiger partial charge in [-0.1, -0.05) is 0 Å². The summed E-state index contributed by atoms with van der Waals surface area (Å²) in [6.45, 7) is 0. The molecule has 1 aromatic heterocycles. The van der Waals surface area contributed by atoms with Crippen LogP contribution in [-0.2, 0) is 11.8 Å². The van der Waals surface area contributed by atoms with Crippen molar-refractivity contribution in [2.24, 2.45) is 7.05 Å². The van der Waals surface area contributed by atoms with Gasteiger partial charge in [0.15, 0.2) is 0 Å². The first-order chi connectivity index (χ1) is 11.2. The van der Waals surface area contributed by atoms with E-state index in [0.717, 1.165) is 5.01 Å². The molecule has 10 heteroatoms. The molecule has 3 amide bonds. The molecule has 1 aliphatic carbocycles. The number of imide groups is 1. The van der Waals surface area contributed by atoms with Crippen molar-refractivity contribution in [3.63, 3.8) is 0 Å². The quantitative estimate of drug-likeness (QED) is 0.845. The van der Waals surface area contributed by atoms with Gasteiger partial charge < -0.3 is 5.32 Å². The van der Waals surface area contributed by atoms with Crippen molar-refractivity contribution in [1.29, 1.82) is 0 Å². The van der Waals surface area contributed by atoms with Crippen LogP contribution in [0.3, 0.4) is 0 Å². The number of rotatable bonds is 2. The number of fused-ring (bicyclic) bond motifs is 1. The Bertz CT molecular complexity index is 778. The SMILES string of the molecule is CNN1C(=O)NC2CC(C(F)(F)F)=C(c3ccnn3C)C=C2C1=O. The van der Waals surface area contributed by atoms with E-state index < -0.39 is 36.2 Å². The van der Waals surface area contributed by atoms with E-state index in [4.69, 9.17) is 0 Å². The molecule has 0 spiro atoms. The Balaban J connectivity index is 2.16. The van der Waals surface area contributed by atoms with Crippen molar-refractivity contribution in [1.82, 2.24) is 25.5 Å². The number of nitrogens with one attached hydrogen (secondary N) is 2. The summed E-state index contributed by atoms with van der Waals surface area (Å²) < 4.78 is 41.7. The number of aryl methyl sites for hydroxylation is 1. The lowest BCUT2D eigenvalue weighted by molar-refractivity contribution is -0.128. The van der Waals surface area contributed by atoms with E-state index >= 15 is 0 Å². The summed E-state index contributed by atoms with van der Waals surface area (Å²) in [6, 6.07) is -0.349. The lowest BCUT2D eigenvalue weighted by Gasteiger charge is -2.36. The van der Waals surface area contributed by atoms with Crippen LogP contribution in [0.4, 0.5) is 18.0 Å². The molecule has 1 saturated heterocycles. The maximum absolute atomic E-state index is 13.5. The van der Waals surface area contributed by atoms with Gasteiger partial charge in [0.05, 0.1) is 11.7 Å². The van der Waals surface area contributed by atoms with Crippen molar-refractivity contribution in [2.45, 2.75) is 18.6 Å². The van der Waals surface area contributed by atoms with Crippen LogP contribution >= 0.6 is 0 Å². The standard InChI is InChI=1S/C14H14F3N5O2/c1-18-22-12(23)8-5-7(11-3-4-19-21(11)2)9(14(15,16)17)6-10(8)20-13(22)24/h3-5,10,18H,6H2,1-2H3,(H,20,24). The molecule has 0 radical (unpaired) electrons. The first-order valence-corrected chi connectivity index (χ1v) is 7.06. The van der Waals surface area contributed by atoms with Gasteiger partial charge in [-0.15, -0.1) is 0 Å². The van der Waals surface area contributed by atoms with Crippen molar-refractivity contribution >= 4 is 17.5 Å². The predicted molar refractivity (Wildman–Crippen MR) is 77.1 cm³/mol. The first-order valence-electron chi connectivity index (χ1n) is 7.06. The normalized spacial score (nSPS) is 21.6. The van der Waals surface area contributed by atoms with Gasteiger partial charge >= 0.3 is 12.2 Å². The van der Waals surface area contributed by atoms with Crippen LogP contribution in [0, 0.1) is 0 Å². The zero-order valence-electron chi connectivity index (χ0n) is 12.8. The van der Waals surface area contributed by atoms with Gasteiger partial charge in [0.25, 0.3) is 5.91 Å². The number of hydrogen-bond acceptors (Lipinski definition) is 4. The highest BCUT2D eigenvalue weighted by molar-refractivity contribution is 6.09. The minimum Gasteiger partial charge on any atom is -0.329 e. The molecule has 2 N–H and O–H groups in total. The molecular weight excluding hydrogens is 327 g/mol. The Morgan fingerprint density at radius 2 is 2.08 bits per heavy atom. The Kier molecular flexibility index (Phi) is 3.71. The van der Waals surface area contributed by atoms with Crippen molar-refractivity contribution in [3.8, 4) is 0 Å². The molecule has 2 heterocycles. The van der Waals surface area contributed by atoms with Crippen LogP contribution in [-0.4, -0.2) is 46.0 Å². The van der Waals surface area contributed by atoms with E-state index in [-0.39, 0.29) is 16.8 Å². The summed E-state index contributed by atoms with van der Waals surface area (Å²) in [5.41, 5.74) is 1.83. The molecule has 2 aliphatic rings. The third-order valence-electron chi connectivity index (χ3n) is 4.02. The Morgan fingerprint density at radius 1 is 1.38 bits per heavy atom. The van der Waals surface area contributed by atoms with Gasteiger partial charge in [0.2, 0.25) is 0 Å². The Labute approximate surface area is 134 Å². The number of allylic oxidation sites excluding steroid dienone is 2. The van der Waals surface area contributed by atoms with E-state index in [1.807, 2.05) is 0 Å². The summed E-state index contributed by atoms with van der Waals surface area (Å²) in [4.78, 5) is 24.2. The Morgan fingerprint density at radius 3 is 2.62 bits per heavy atom. The first kappa shape index (κ1) is 16.2. The van der Waals surface area contributed by atoms with Crippen LogP contribution in [0.25, 0.3) is 5.57 Å². The second kappa shape index (κ2) is 5.48. The molecule has 0 aromatic carbocycles. The number of alkyl halides is 3. The lowest BCUT2D eigenvalue weighted by atomic mass is 9.85. The number of halogens is 3. The second-order valence-electron chi connectivity index (χ2n) is 5.40. The summed E-state index contributed by atoms with van der Waals surface area (Å²) in [7, 11) is 2.89. The molecule has 7 nitrogen and oxygen atoms in total. The van der Waals surface area contributed by atoms with Crippen LogP contribution in [0.1, 0.15) is 12.1 Å². The molecule has 24 heavy (non-hydrogen) atoms. The zero-order chi connectivity index (χ0) is 17.6. The molecule has 0 bridgehead atoms. The van der Waals surface area contributed by atoms with Gasteiger partial charge in [-0.25, -0.2) is 10.2 Å². The number of nitrogens with zero attached hydrogens (tertiary/aromatic N) is 3. The summed E-state index contributed by atoms with van der Waals surface area (Å²) in [6.07, 6.45) is -2.54. The number of hydrogen-bond donors (Lipinski definition) is 2. The predicted octanol–water partition coefficient (Wildman–Crippen LogP) is 1.12. The van der Waals surface area contributed by atoms with E-state index in [1.54, 1.807) is 0 Å². The number of carbonyl (C=O) groups is 2. The number of urea groups is 1. The average Bonchev–Trinajstić information content (AvgIpc) is 2.92. The van der Waals surface area contributed by atoms with E-state index in [0.29, 0.717) is 0 Å². The lowest BCUT2D eigenvalue weighted by Crippen LogP contribution is -2.60. The maximum atomic E-state index is 13.5. The molecular formula is C14H14F3N5O2. The minimum absolute atomic E-state index is 0.0909. The smallest absolute Gasteiger partial charge is 0.329 e.